The number of carbonyl (C=O) groups is 1. The molecule has 8 heteroatoms. The van der Waals surface area contributed by atoms with Crippen LogP contribution in [-0.4, -0.2) is 74.4 Å². The van der Waals surface area contributed by atoms with E-state index in [2.05, 4.69) is 10.2 Å². The monoisotopic (exact) mass is 412 g/mol. The molecular weight excluding hydrogens is 387 g/mol. The molecule has 0 radical (unpaired) electrons. The van der Waals surface area contributed by atoms with Gasteiger partial charge in [0.1, 0.15) is 0 Å². The fourth-order valence-corrected chi connectivity index (χ4v) is 4.49. The van der Waals surface area contributed by atoms with Gasteiger partial charge < -0.3 is 15.0 Å². The van der Waals surface area contributed by atoms with E-state index >= 15 is 0 Å². The molecule has 2 saturated heterocycles. The number of nitrogens with one attached hydrogen (secondary N) is 1. The first-order valence-electron chi connectivity index (χ1n) is 9.70. The molecule has 2 amide bonds. The number of ether oxygens (including phenoxy) is 1. The van der Waals surface area contributed by atoms with Crippen LogP contribution in [0.5, 0.6) is 0 Å². The first-order valence-corrected chi connectivity index (χ1v) is 10.5. The highest BCUT2D eigenvalue weighted by Gasteiger charge is 2.35. The van der Waals surface area contributed by atoms with Gasteiger partial charge in [0, 0.05) is 38.8 Å². The zero-order valence-electron chi connectivity index (χ0n) is 15.4. The molecule has 3 aliphatic rings. The van der Waals surface area contributed by atoms with E-state index in [0.29, 0.717) is 23.1 Å². The number of hydrogen-bond acceptors (Lipinski definition) is 4. The third-order valence-electron chi connectivity index (χ3n) is 5.72. The maximum absolute atomic E-state index is 13.4. The molecule has 1 aromatic carbocycles. The standard InChI is InChI=1S/C19H26Cl2N4O2/c20-16-11-14-13-25(15-1-3-22-4-2-15)19(26)24(18(14)12-17(16)21)6-5-23-7-9-27-10-8-23/h11-12,15,22H,1-10,13H2. The normalized spacial score (nSPS) is 22.2. The summed E-state index contributed by atoms with van der Waals surface area (Å²) in [5, 5.41) is 4.41. The van der Waals surface area contributed by atoms with E-state index in [1.165, 1.54) is 0 Å². The number of benzene rings is 1. The van der Waals surface area contributed by atoms with Crippen molar-refractivity contribution in [1.82, 2.24) is 15.1 Å². The second-order valence-corrected chi connectivity index (χ2v) is 8.21. The second kappa shape index (κ2) is 8.53. The van der Waals surface area contributed by atoms with Crippen molar-refractivity contribution >= 4 is 34.9 Å². The molecule has 0 saturated carbocycles. The van der Waals surface area contributed by atoms with E-state index in [1.807, 2.05) is 21.9 Å². The van der Waals surface area contributed by atoms with E-state index in [4.69, 9.17) is 27.9 Å². The van der Waals surface area contributed by atoms with Gasteiger partial charge in [-0.15, -0.1) is 0 Å². The van der Waals surface area contributed by atoms with Crippen LogP contribution in [0, 0.1) is 0 Å². The topological polar surface area (TPSA) is 48.1 Å². The molecule has 0 aliphatic carbocycles. The summed E-state index contributed by atoms with van der Waals surface area (Å²) in [6, 6.07) is 4.12. The summed E-state index contributed by atoms with van der Waals surface area (Å²) in [5.74, 6) is 0. The van der Waals surface area contributed by atoms with Crippen molar-refractivity contribution in [2.75, 3.05) is 57.4 Å². The quantitative estimate of drug-likeness (QED) is 0.825. The Hall–Kier alpha value is -1.05. The average molecular weight is 413 g/mol. The van der Waals surface area contributed by atoms with Gasteiger partial charge in [0.05, 0.1) is 28.9 Å². The number of hydrogen-bond donors (Lipinski definition) is 1. The van der Waals surface area contributed by atoms with Crippen LogP contribution in [-0.2, 0) is 11.3 Å². The number of urea groups is 1. The van der Waals surface area contributed by atoms with Crippen molar-refractivity contribution in [2.24, 2.45) is 0 Å². The molecule has 0 bridgehead atoms. The van der Waals surface area contributed by atoms with Gasteiger partial charge in [-0.05, 0) is 43.6 Å². The van der Waals surface area contributed by atoms with Crippen molar-refractivity contribution in [3.8, 4) is 0 Å². The molecule has 148 valence electrons. The van der Waals surface area contributed by atoms with Gasteiger partial charge in [0.25, 0.3) is 0 Å². The molecule has 1 N–H and O–H groups in total. The minimum atomic E-state index is 0.0843. The molecule has 1 aromatic rings. The first-order chi connectivity index (χ1) is 13.1. The zero-order chi connectivity index (χ0) is 18.8. The number of amides is 2. The lowest BCUT2D eigenvalue weighted by Gasteiger charge is -2.43. The Labute approximate surface area is 170 Å². The van der Waals surface area contributed by atoms with Gasteiger partial charge in [-0.1, -0.05) is 23.2 Å². The Kier molecular flexibility index (Phi) is 6.09. The van der Waals surface area contributed by atoms with Crippen molar-refractivity contribution in [3.63, 3.8) is 0 Å². The van der Waals surface area contributed by atoms with Crippen molar-refractivity contribution < 1.29 is 9.53 Å². The highest BCUT2D eigenvalue weighted by molar-refractivity contribution is 6.42. The minimum absolute atomic E-state index is 0.0843. The Morgan fingerprint density at radius 2 is 1.78 bits per heavy atom. The Morgan fingerprint density at radius 1 is 1.07 bits per heavy atom. The number of anilines is 1. The van der Waals surface area contributed by atoms with Crippen LogP contribution in [0.25, 0.3) is 0 Å². The minimum Gasteiger partial charge on any atom is -0.379 e. The third-order valence-corrected chi connectivity index (χ3v) is 6.44. The average Bonchev–Trinajstić information content (AvgIpc) is 2.70. The molecule has 2 fully saturated rings. The van der Waals surface area contributed by atoms with E-state index in [-0.39, 0.29) is 12.1 Å². The van der Waals surface area contributed by atoms with Gasteiger partial charge in [-0.25, -0.2) is 4.79 Å². The summed E-state index contributed by atoms with van der Waals surface area (Å²) in [5.41, 5.74) is 1.97. The van der Waals surface area contributed by atoms with E-state index < -0.39 is 0 Å². The number of fused-ring (bicyclic) bond motifs is 1. The molecule has 6 nitrogen and oxygen atoms in total. The van der Waals surface area contributed by atoms with Gasteiger partial charge in [0.15, 0.2) is 0 Å². The lowest BCUT2D eigenvalue weighted by Crippen LogP contribution is -2.55. The van der Waals surface area contributed by atoms with Crippen LogP contribution in [0.2, 0.25) is 10.0 Å². The Bertz CT molecular complexity index is 691. The SMILES string of the molecule is O=C1N(CCN2CCOCC2)c2cc(Cl)c(Cl)cc2CN1C1CCNCC1. The summed E-state index contributed by atoms with van der Waals surface area (Å²) in [6.45, 7) is 7.32. The largest absolute Gasteiger partial charge is 0.379 e. The summed E-state index contributed by atoms with van der Waals surface area (Å²) in [7, 11) is 0. The predicted octanol–water partition coefficient (Wildman–Crippen LogP) is 2.82. The van der Waals surface area contributed by atoms with Gasteiger partial charge in [0.2, 0.25) is 0 Å². The van der Waals surface area contributed by atoms with Crippen LogP contribution in [0.4, 0.5) is 10.5 Å². The van der Waals surface area contributed by atoms with Crippen molar-refractivity contribution in [3.05, 3.63) is 27.7 Å². The predicted molar refractivity (Wildman–Crippen MR) is 108 cm³/mol. The van der Waals surface area contributed by atoms with Gasteiger partial charge in [-0.2, -0.15) is 0 Å². The molecule has 0 spiro atoms. The van der Waals surface area contributed by atoms with Crippen LogP contribution in [0.15, 0.2) is 12.1 Å². The van der Waals surface area contributed by atoms with Gasteiger partial charge in [-0.3, -0.25) is 9.80 Å². The van der Waals surface area contributed by atoms with Crippen LogP contribution < -0.4 is 10.2 Å². The van der Waals surface area contributed by atoms with Crippen molar-refractivity contribution in [2.45, 2.75) is 25.4 Å². The lowest BCUT2D eigenvalue weighted by atomic mass is 10.0. The van der Waals surface area contributed by atoms with E-state index in [0.717, 1.165) is 70.0 Å². The smallest absolute Gasteiger partial charge is 0.325 e. The third kappa shape index (κ3) is 4.20. The molecule has 3 aliphatic heterocycles. The molecule has 3 heterocycles. The molecular formula is C19H26Cl2N4O2. The summed E-state index contributed by atoms with van der Waals surface area (Å²) < 4.78 is 5.43. The summed E-state index contributed by atoms with van der Waals surface area (Å²) >= 11 is 12.5. The highest BCUT2D eigenvalue weighted by atomic mass is 35.5. The molecule has 0 atom stereocenters. The molecule has 27 heavy (non-hydrogen) atoms. The molecule has 0 aromatic heterocycles. The number of carbonyl (C=O) groups excluding carboxylic acids is 1. The van der Waals surface area contributed by atoms with Crippen LogP contribution >= 0.6 is 23.2 Å². The Morgan fingerprint density at radius 3 is 2.52 bits per heavy atom. The number of rotatable bonds is 4. The number of nitrogens with zero attached hydrogens (tertiary/aromatic N) is 3. The van der Waals surface area contributed by atoms with Crippen molar-refractivity contribution in [1.29, 1.82) is 0 Å². The number of piperidine rings is 1. The highest BCUT2D eigenvalue weighted by Crippen LogP contribution is 2.37. The zero-order valence-corrected chi connectivity index (χ0v) is 16.9. The second-order valence-electron chi connectivity index (χ2n) is 7.39. The maximum atomic E-state index is 13.4. The number of morpholine rings is 1. The van der Waals surface area contributed by atoms with E-state index in [9.17, 15) is 4.79 Å². The van der Waals surface area contributed by atoms with Gasteiger partial charge >= 0.3 is 6.03 Å². The maximum Gasteiger partial charge on any atom is 0.325 e. The lowest BCUT2D eigenvalue weighted by molar-refractivity contribution is 0.0391. The van der Waals surface area contributed by atoms with E-state index in [1.54, 1.807) is 0 Å². The molecule has 4 rings (SSSR count). The summed E-state index contributed by atoms with van der Waals surface area (Å²) in [6.07, 6.45) is 1.97. The first kappa shape index (κ1) is 19.3. The Balaban J connectivity index is 1.58. The number of halogens is 2. The molecule has 0 unspecified atom stereocenters. The fraction of sp³-hybridized carbons (Fsp3) is 0.632. The van der Waals surface area contributed by atoms with Crippen LogP contribution in [0.3, 0.4) is 0 Å². The van der Waals surface area contributed by atoms with Crippen LogP contribution in [0.1, 0.15) is 18.4 Å². The fourth-order valence-electron chi connectivity index (χ4n) is 4.15. The summed E-state index contributed by atoms with van der Waals surface area (Å²) in [4.78, 5) is 19.6.